The lowest BCUT2D eigenvalue weighted by Crippen LogP contribution is -2.11. The Morgan fingerprint density at radius 3 is 2.50 bits per heavy atom. The third-order valence-electron chi connectivity index (χ3n) is 5.78. The summed E-state index contributed by atoms with van der Waals surface area (Å²) in [5.41, 5.74) is 3.04. The summed E-state index contributed by atoms with van der Waals surface area (Å²) in [6, 6.07) is 26.2. The van der Waals surface area contributed by atoms with Crippen LogP contribution in [0, 0.1) is 0 Å². The summed E-state index contributed by atoms with van der Waals surface area (Å²) >= 11 is 1.65. The number of thioether (sulfide) groups is 1. The molecular formula is C27H27N3O3S. The molecule has 1 fully saturated rings. The molecule has 6 nitrogen and oxygen atoms in total. The summed E-state index contributed by atoms with van der Waals surface area (Å²) in [7, 11) is 1.68. The van der Waals surface area contributed by atoms with Gasteiger partial charge in [-0.05, 0) is 36.6 Å². The van der Waals surface area contributed by atoms with E-state index in [1.165, 1.54) is 0 Å². The highest BCUT2D eigenvalue weighted by molar-refractivity contribution is 7.99. The largest absolute Gasteiger partial charge is 0.495 e. The lowest BCUT2D eigenvalue weighted by atomic mass is 10.1. The summed E-state index contributed by atoms with van der Waals surface area (Å²) in [5, 5.41) is 9.81. The molecule has 1 aromatic heterocycles. The van der Waals surface area contributed by atoms with Gasteiger partial charge in [0.2, 0.25) is 0 Å². The molecule has 1 atom stereocenters. The van der Waals surface area contributed by atoms with E-state index in [1.807, 2.05) is 65.2 Å². The SMILES string of the molecule is COc1ccccc1-n1c(COc2ccccc2-c2ccccc2)nnc1SCC1CCCO1. The number of hydrogen-bond acceptors (Lipinski definition) is 6. The fraction of sp³-hybridized carbons (Fsp3) is 0.259. The molecule has 0 radical (unpaired) electrons. The average molecular weight is 474 g/mol. The standard InChI is InChI=1S/C27H27N3O3S/c1-31-25-16-8-6-14-23(25)30-26(28-29-27(30)34-19-21-12-9-17-32-21)18-33-24-15-7-5-13-22(24)20-10-3-2-4-11-20/h2-8,10-11,13-16,21H,9,12,17-19H2,1H3. The molecule has 0 N–H and O–H groups in total. The fourth-order valence-corrected chi connectivity index (χ4v) is 5.11. The molecule has 34 heavy (non-hydrogen) atoms. The smallest absolute Gasteiger partial charge is 0.196 e. The zero-order chi connectivity index (χ0) is 23.2. The van der Waals surface area contributed by atoms with Gasteiger partial charge in [-0.3, -0.25) is 4.57 Å². The van der Waals surface area contributed by atoms with E-state index >= 15 is 0 Å². The molecule has 0 amide bonds. The molecule has 1 saturated heterocycles. The van der Waals surface area contributed by atoms with Crippen LogP contribution in [0.3, 0.4) is 0 Å². The summed E-state index contributed by atoms with van der Waals surface area (Å²) in [6.45, 7) is 1.11. The van der Waals surface area contributed by atoms with Crippen molar-refractivity contribution in [1.82, 2.24) is 14.8 Å². The van der Waals surface area contributed by atoms with E-state index in [0.717, 1.165) is 58.7 Å². The molecule has 0 aliphatic carbocycles. The van der Waals surface area contributed by atoms with Crippen LogP contribution >= 0.6 is 11.8 Å². The highest BCUT2D eigenvalue weighted by atomic mass is 32.2. The maximum absolute atomic E-state index is 6.31. The lowest BCUT2D eigenvalue weighted by molar-refractivity contribution is 0.129. The third-order valence-corrected chi connectivity index (χ3v) is 6.84. The molecule has 5 rings (SSSR count). The van der Waals surface area contributed by atoms with E-state index in [1.54, 1.807) is 18.9 Å². The normalized spacial score (nSPS) is 15.4. The number of methoxy groups -OCH3 is 1. The molecule has 7 heteroatoms. The molecule has 0 bridgehead atoms. The molecule has 1 aliphatic heterocycles. The number of aromatic nitrogens is 3. The lowest BCUT2D eigenvalue weighted by Gasteiger charge is -2.16. The maximum atomic E-state index is 6.31. The van der Waals surface area contributed by atoms with Crippen molar-refractivity contribution in [3.63, 3.8) is 0 Å². The van der Waals surface area contributed by atoms with Gasteiger partial charge >= 0.3 is 0 Å². The van der Waals surface area contributed by atoms with Crippen LogP contribution in [0.4, 0.5) is 0 Å². The van der Waals surface area contributed by atoms with Crippen LogP contribution in [-0.2, 0) is 11.3 Å². The number of ether oxygens (including phenoxy) is 3. The van der Waals surface area contributed by atoms with Gasteiger partial charge in [0.1, 0.15) is 18.1 Å². The van der Waals surface area contributed by atoms with Crippen LogP contribution in [0.1, 0.15) is 18.7 Å². The fourth-order valence-electron chi connectivity index (χ4n) is 4.08. The zero-order valence-electron chi connectivity index (χ0n) is 19.1. The molecule has 4 aromatic rings. The molecular weight excluding hydrogens is 446 g/mol. The number of rotatable bonds is 9. The summed E-state index contributed by atoms with van der Waals surface area (Å²) in [6.07, 6.45) is 2.46. The van der Waals surface area contributed by atoms with Gasteiger partial charge < -0.3 is 14.2 Å². The molecule has 174 valence electrons. The van der Waals surface area contributed by atoms with E-state index in [2.05, 4.69) is 28.4 Å². The van der Waals surface area contributed by atoms with Crippen molar-refractivity contribution in [3.05, 3.63) is 84.7 Å². The first-order valence-corrected chi connectivity index (χ1v) is 12.4. The minimum Gasteiger partial charge on any atom is -0.495 e. The van der Waals surface area contributed by atoms with Gasteiger partial charge in [0.05, 0.1) is 18.9 Å². The molecule has 1 unspecified atom stereocenters. The summed E-state index contributed by atoms with van der Waals surface area (Å²) in [4.78, 5) is 0. The topological polar surface area (TPSA) is 58.4 Å². The van der Waals surface area contributed by atoms with Crippen molar-refractivity contribution in [2.75, 3.05) is 19.5 Å². The Morgan fingerprint density at radius 2 is 1.71 bits per heavy atom. The first-order chi connectivity index (χ1) is 16.8. The molecule has 0 spiro atoms. The minimum atomic E-state index is 0.255. The van der Waals surface area contributed by atoms with Crippen molar-refractivity contribution in [2.45, 2.75) is 30.7 Å². The number of hydrogen-bond donors (Lipinski definition) is 0. The Balaban J connectivity index is 1.44. The summed E-state index contributed by atoms with van der Waals surface area (Å²) < 4.78 is 19.8. The Morgan fingerprint density at radius 1 is 0.941 bits per heavy atom. The van der Waals surface area contributed by atoms with Crippen LogP contribution in [0.25, 0.3) is 16.8 Å². The van der Waals surface area contributed by atoms with E-state index < -0.39 is 0 Å². The number of para-hydroxylation sites is 3. The monoisotopic (exact) mass is 473 g/mol. The number of benzene rings is 3. The van der Waals surface area contributed by atoms with E-state index in [9.17, 15) is 0 Å². The Labute approximate surface area is 203 Å². The third kappa shape index (κ3) is 4.95. The molecule has 1 aliphatic rings. The van der Waals surface area contributed by atoms with Gasteiger partial charge in [0, 0.05) is 17.9 Å². The first kappa shape index (κ1) is 22.5. The zero-order valence-corrected chi connectivity index (χ0v) is 19.9. The molecule has 0 saturated carbocycles. The van der Waals surface area contributed by atoms with Gasteiger partial charge in [-0.25, -0.2) is 0 Å². The van der Waals surface area contributed by atoms with Gasteiger partial charge in [-0.15, -0.1) is 10.2 Å². The average Bonchev–Trinajstić information content (AvgIpc) is 3.56. The van der Waals surface area contributed by atoms with E-state index in [0.29, 0.717) is 5.82 Å². The highest BCUT2D eigenvalue weighted by Gasteiger charge is 2.21. The quantitative estimate of drug-likeness (QED) is 0.287. The second-order valence-corrected chi connectivity index (χ2v) is 8.99. The van der Waals surface area contributed by atoms with Gasteiger partial charge in [-0.1, -0.05) is 72.4 Å². The molecule has 2 heterocycles. The minimum absolute atomic E-state index is 0.255. The molecule has 3 aromatic carbocycles. The highest BCUT2D eigenvalue weighted by Crippen LogP contribution is 2.33. The van der Waals surface area contributed by atoms with E-state index in [4.69, 9.17) is 14.2 Å². The first-order valence-electron chi connectivity index (χ1n) is 11.4. The van der Waals surface area contributed by atoms with Crippen molar-refractivity contribution in [3.8, 4) is 28.3 Å². The summed E-state index contributed by atoms with van der Waals surface area (Å²) in [5.74, 6) is 3.11. The van der Waals surface area contributed by atoms with Gasteiger partial charge in [0.15, 0.2) is 11.0 Å². The van der Waals surface area contributed by atoms with E-state index in [-0.39, 0.29) is 12.7 Å². The van der Waals surface area contributed by atoms with Crippen molar-refractivity contribution in [2.24, 2.45) is 0 Å². The Bertz CT molecular complexity index is 1220. The van der Waals surface area contributed by atoms with Crippen LogP contribution in [0.5, 0.6) is 11.5 Å². The van der Waals surface area contributed by atoms with Crippen LogP contribution in [0.15, 0.2) is 84.0 Å². The Hall–Kier alpha value is -3.29. The van der Waals surface area contributed by atoms with Gasteiger partial charge in [0.25, 0.3) is 0 Å². The van der Waals surface area contributed by atoms with Crippen LogP contribution in [-0.4, -0.2) is 40.3 Å². The Kier molecular flexibility index (Phi) is 7.12. The van der Waals surface area contributed by atoms with Crippen molar-refractivity contribution in [1.29, 1.82) is 0 Å². The second-order valence-electron chi connectivity index (χ2n) is 8.00. The van der Waals surface area contributed by atoms with Gasteiger partial charge in [-0.2, -0.15) is 0 Å². The van der Waals surface area contributed by atoms with Crippen LogP contribution in [0.2, 0.25) is 0 Å². The second kappa shape index (κ2) is 10.8. The van der Waals surface area contributed by atoms with Crippen molar-refractivity contribution >= 4 is 11.8 Å². The van der Waals surface area contributed by atoms with Crippen molar-refractivity contribution < 1.29 is 14.2 Å². The predicted molar refractivity (Wildman–Crippen MR) is 134 cm³/mol. The van der Waals surface area contributed by atoms with Crippen LogP contribution < -0.4 is 9.47 Å². The predicted octanol–water partition coefficient (Wildman–Crippen LogP) is 5.79. The maximum Gasteiger partial charge on any atom is 0.196 e. The number of nitrogens with zero attached hydrogens (tertiary/aromatic N) is 3.